The van der Waals surface area contributed by atoms with Gasteiger partial charge >= 0.3 is 0 Å². The summed E-state index contributed by atoms with van der Waals surface area (Å²) in [6.07, 6.45) is 2.24. The topological polar surface area (TPSA) is 56.8 Å². The van der Waals surface area contributed by atoms with Crippen LogP contribution in [0.15, 0.2) is 18.2 Å². The SMILES string of the molecule is CNC1CCN(c2n[nH]c(-c3ccc(I)c(Cl)c3)n2)CC1. The molecule has 1 aromatic carbocycles. The number of rotatable bonds is 3. The molecule has 0 aliphatic carbocycles. The molecule has 7 heteroatoms. The predicted molar refractivity (Wildman–Crippen MR) is 93.8 cm³/mol. The lowest BCUT2D eigenvalue weighted by Gasteiger charge is -2.30. The Morgan fingerprint density at radius 2 is 2.14 bits per heavy atom. The van der Waals surface area contributed by atoms with E-state index in [9.17, 15) is 0 Å². The van der Waals surface area contributed by atoms with Crippen LogP contribution in [0.4, 0.5) is 5.95 Å². The molecule has 0 spiro atoms. The predicted octanol–water partition coefficient (Wildman–Crippen LogP) is 2.92. The highest BCUT2D eigenvalue weighted by atomic mass is 127. The fourth-order valence-electron chi connectivity index (χ4n) is 2.54. The van der Waals surface area contributed by atoms with Gasteiger partial charge in [0.25, 0.3) is 0 Å². The monoisotopic (exact) mass is 417 g/mol. The third-order valence-corrected chi connectivity index (χ3v) is 5.42. The van der Waals surface area contributed by atoms with Crippen LogP contribution in [-0.2, 0) is 0 Å². The molecule has 0 unspecified atom stereocenters. The number of halogens is 2. The van der Waals surface area contributed by atoms with Crippen molar-refractivity contribution in [2.75, 3.05) is 25.0 Å². The van der Waals surface area contributed by atoms with Crippen molar-refractivity contribution in [2.45, 2.75) is 18.9 Å². The maximum atomic E-state index is 6.16. The first kappa shape index (κ1) is 15.1. The third-order valence-electron chi connectivity index (χ3n) is 3.85. The molecule has 0 atom stereocenters. The lowest BCUT2D eigenvalue weighted by molar-refractivity contribution is 0.439. The maximum Gasteiger partial charge on any atom is 0.245 e. The standard InChI is InChI=1S/C14H17ClIN5/c1-17-10-4-6-21(7-5-10)14-18-13(19-20-14)9-2-3-12(16)11(15)8-9/h2-3,8,10,17H,4-7H2,1H3,(H,18,19,20). The summed E-state index contributed by atoms with van der Waals surface area (Å²) in [6.45, 7) is 1.96. The van der Waals surface area contributed by atoms with E-state index < -0.39 is 0 Å². The summed E-state index contributed by atoms with van der Waals surface area (Å²) in [5.41, 5.74) is 0.962. The highest BCUT2D eigenvalue weighted by Crippen LogP contribution is 2.26. The smallest absolute Gasteiger partial charge is 0.245 e. The molecule has 0 saturated carbocycles. The number of H-pyrrole nitrogens is 1. The summed E-state index contributed by atoms with van der Waals surface area (Å²) < 4.78 is 1.03. The second-order valence-corrected chi connectivity index (χ2v) is 6.73. The molecule has 2 aromatic rings. The minimum absolute atomic E-state index is 0.606. The van der Waals surface area contributed by atoms with Crippen molar-refractivity contribution >= 4 is 40.1 Å². The van der Waals surface area contributed by atoms with Crippen LogP contribution in [-0.4, -0.2) is 41.4 Å². The quantitative estimate of drug-likeness (QED) is 0.754. The number of anilines is 1. The fourth-order valence-corrected chi connectivity index (χ4v) is 3.05. The summed E-state index contributed by atoms with van der Waals surface area (Å²) in [4.78, 5) is 6.83. The molecular weight excluding hydrogens is 401 g/mol. The van der Waals surface area contributed by atoms with Gasteiger partial charge in [0.05, 0.1) is 5.02 Å². The average Bonchev–Trinajstić information content (AvgIpc) is 3.00. The van der Waals surface area contributed by atoms with Crippen molar-refractivity contribution in [2.24, 2.45) is 0 Å². The molecule has 2 N–H and O–H groups in total. The number of hydrogen-bond donors (Lipinski definition) is 2. The van der Waals surface area contributed by atoms with E-state index in [1.54, 1.807) is 0 Å². The first-order chi connectivity index (χ1) is 10.2. The zero-order valence-electron chi connectivity index (χ0n) is 11.7. The van der Waals surface area contributed by atoms with Gasteiger partial charge < -0.3 is 10.2 Å². The second kappa shape index (κ2) is 6.50. The lowest BCUT2D eigenvalue weighted by atomic mass is 10.1. The van der Waals surface area contributed by atoms with Gasteiger partial charge in [0, 0.05) is 28.3 Å². The number of aromatic amines is 1. The second-order valence-electron chi connectivity index (χ2n) is 5.16. The van der Waals surface area contributed by atoms with E-state index in [1.165, 1.54) is 0 Å². The highest BCUT2D eigenvalue weighted by molar-refractivity contribution is 14.1. The fraction of sp³-hybridized carbons (Fsp3) is 0.429. The first-order valence-electron chi connectivity index (χ1n) is 6.97. The van der Waals surface area contributed by atoms with E-state index in [-0.39, 0.29) is 0 Å². The number of benzene rings is 1. The van der Waals surface area contributed by atoms with Crippen LogP contribution >= 0.6 is 34.2 Å². The van der Waals surface area contributed by atoms with Gasteiger partial charge in [0.2, 0.25) is 5.95 Å². The van der Waals surface area contributed by atoms with Gasteiger partial charge in [0.15, 0.2) is 5.82 Å². The van der Waals surface area contributed by atoms with Gasteiger partial charge in [-0.2, -0.15) is 4.98 Å². The van der Waals surface area contributed by atoms with Gasteiger partial charge in [-0.05, 0) is 54.6 Å². The highest BCUT2D eigenvalue weighted by Gasteiger charge is 2.21. The normalized spacial score (nSPS) is 16.4. The Kier molecular flexibility index (Phi) is 4.66. The number of nitrogens with one attached hydrogen (secondary N) is 2. The van der Waals surface area contributed by atoms with Crippen molar-refractivity contribution in [3.8, 4) is 11.4 Å². The van der Waals surface area contributed by atoms with E-state index in [0.29, 0.717) is 6.04 Å². The number of piperidine rings is 1. The van der Waals surface area contributed by atoms with Crippen LogP contribution < -0.4 is 10.2 Å². The number of nitrogens with zero attached hydrogens (tertiary/aromatic N) is 3. The van der Waals surface area contributed by atoms with Crippen LogP contribution in [0.3, 0.4) is 0 Å². The molecule has 2 heterocycles. The molecule has 3 rings (SSSR count). The van der Waals surface area contributed by atoms with Crippen molar-refractivity contribution < 1.29 is 0 Å². The van der Waals surface area contributed by atoms with Crippen molar-refractivity contribution in [1.82, 2.24) is 20.5 Å². The Morgan fingerprint density at radius 3 is 2.81 bits per heavy atom. The Hall–Kier alpha value is -0.860. The van der Waals surface area contributed by atoms with E-state index in [0.717, 1.165) is 51.9 Å². The number of hydrogen-bond acceptors (Lipinski definition) is 4. The Bertz CT molecular complexity index is 622. The summed E-state index contributed by atoms with van der Waals surface area (Å²) in [7, 11) is 2.02. The van der Waals surface area contributed by atoms with E-state index in [2.05, 4.69) is 48.0 Å². The summed E-state index contributed by atoms with van der Waals surface area (Å²) in [6, 6.07) is 6.51. The van der Waals surface area contributed by atoms with Crippen molar-refractivity contribution in [1.29, 1.82) is 0 Å². The Balaban J connectivity index is 1.76. The van der Waals surface area contributed by atoms with Gasteiger partial charge in [0.1, 0.15) is 0 Å². The van der Waals surface area contributed by atoms with Crippen LogP contribution in [0.1, 0.15) is 12.8 Å². The molecule has 1 aromatic heterocycles. The molecule has 0 radical (unpaired) electrons. The minimum atomic E-state index is 0.606. The first-order valence-corrected chi connectivity index (χ1v) is 8.43. The molecule has 1 saturated heterocycles. The van der Waals surface area contributed by atoms with Crippen LogP contribution in [0.2, 0.25) is 5.02 Å². The molecule has 21 heavy (non-hydrogen) atoms. The zero-order chi connectivity index (χ0) is 14.8. The van der Waals surface area contributed by atoms with Gasteiger partial charge in [-0.1, -0.05) is 17.7 Å². The van der Waals surface area contributed by atoms with Crippen molar-refractivity contribution in [3.05, 3.63) is 26.8 Å². The summed E-state index contributed by atoms with van der Waals surface area (Å²) >= 11 is 8.38. The molecule has 1 fully saturated rings. The molecule has 1 aliphatic heterocycles. The third kappa shape index (κ3) is 3.32. The Labute approximate surface area is 142 Å². The van der Waals surface area contributed by atoms with Gasteiger partial charge in [-0.3, -0.25) is 5.10 Å². The van der Waals surface area contributed by atoms with E-state index >= 15 is 0 Å². The molecular formula is C14H17ClIN5. The van der Waals surface area contributed by atoms with E-state index in [4.69, 9.17) is 11.6 Å². The van der Waals surface area contributed by atoms with Crippen molar-refractivity contribution in [3.63, 3.8) is 0 Å². The molecule has 112 valence electrons. The van der Waals surface area contributed by atoms with Crippen LogP contribution in [0.5, 0.6) is 0 Å². The maximum absolute atomic E-state index is 6.16. The summed E-state index contributed by atoms with van der Waals surface area (Å²) in [5, 5.41) is 11.4. The number of aromatic nitrogens is 3. The van der Waals surface area contributed by atoms with Gasteiger partial charge in [-0.25, -0.2) is 0 Å². The van der Waals surface area contributed by atoms with Gasteiger partial charge in [-0.15, -0.1) is 5.10 Å². The molecule has 0 bridgehead atoms. The van der Waals surface area contributed by atoms with Crippen LogP contribution in [0.25, 0.3) is 11.4 Å². The largest absolute Gasteiger partial charge is 0.339 e. The Morgan fingerprint density at radius 1 is 1.38 bits per heavy atom. The minimum Gasteiger partial charge on any atom is -0.339 e. The summed E-state index contributed by atoms with van der Waals surface area (Å²) in [5.74, 6) is 1.54. The lowest BCUT2D eigenvalue weighted by Crippen LogP contribution is -2.41. The van der Waals surface area contributed by atoms with Crippen LogP contribution in [0, 0.1) is 3.57 Å². The molecule has 1 aliphatic rings. The van der Waals surface area contributed by atoms with E-state index in [1.807, 2.05) is 25.2 Å². The molecule has 0 amide bonds. The average molecular weight is 418 g/mol. The molecule has 5 nitrogen and oxygen atoms in total. The zero-order valence-corrected chi connectivity index (χ0v) is 14.6.